The second-order valence-corrected chi connectivity index (χ2v) is 6.81. The van der Waals surface area contributed by atoms with Crippen molar-refractivity contribution in [2.24, 2.45) is 5.92 Å². The van der Waals surface area contributed by atoms with Crippen molar-refractivity contribution in [3.8, 4) is 0 Å². The van der Waals surface area contributed by atoms with Gasteiger partial charge in [0.05, 0.1) is 23.4 Å². The summed E-state index contributed by atoms with van der Waals surface area (Å²) in [7, 11) is 0. The van der Waals surface area contributed by atoms with E-state index < -0.39 is 23.8 Å². The molecule has 0 unspecified atom stereocenters. The number of benzene rings is 1. The van der Waals surface area contributed by atoms with Crippen molar-refractivity contribution in [1.29, 1.82) is 0 Å². The first-order valence-corrected chi connectivity index (χ1v) is 8.84. The van der Waals surface area contributed by atoms with Gasteiger partial charge in [0.15, 0.2) is 0 Å². The molecule has 3 aliphatic rings. The normalized spacial score (nSPS) is 20.8. The zero-order valence-electron chi connectivity index (χ0n) is 14.5. The van der Waals surface area contributed by atoms with Crippen LogP contribution in [0, 0.1) is 5.92 Å². The number of fused-ring (bicyclic) bond motifs is 1. The number of aldehydes is 1. The highest BCUT2D eigenvalue weighted by molar-refractivity contribution is 6.24. The number of hydrogen-bond acceptors (Lipinski definition) is 6. The summed E-state index contributed by atoms with van der Waals surface area (Å²) in [6.45, 7) is 1.19. The molecule has 9 nitrogen and oxygen atoms in total. The number of anilines is 1. The van der Waals surface area contributed by atoms with Gasteiger partial charge in [-0.2, -0.15) is 5.01 Å². The molecule has 3 heterocycles. The third-order valence-electron chi connectivity index (χ3n) is 5.22. The summed E-state index contributed by atoms with van der Waals surface area (Å²) in [5.41, 5.74) is 1.13. The van der Waals surface area contributed by atoms with E-state index >= 15 is 0 Å². The van der Waals surface area contributed by atoms with Gasteiger partial charge >= 0.3 is 6.03 Å². The van der Waals surface area contributed by atoms with Crippen molar-refractivity contribution in [2.75, 3.05) is 24.5 Å². The zero-order chi connectivity index (χ0) is 19.1. The number of imide groups is 2. The second kappa shape index (κ2) is 6.49. The Balaban J connectivity index is 1.65. The number of nitrogens with one attached hydrogen (secondary N) is 1. The van der Waals surface area contributed by atoms with Crippen molar-refractivity contribution in [2.45, 2.75) is 19.3 Å². The number of piperidine rings is 1. The highest BCUT2D eigenvalue weighted by Gasteiger charge is 2.45. The number of amides is 5. The minimum atomic E-state index is -0.783. The molecule has 3 aliphatic heterocycles. The maximum absolute atomic E-state index is 13.0. The number of nitrogens with zero attached hydrogens (tertiary/aromatic N) is 3. The first-order chi connectivity index (χ1) is 13.0. The summed E-state index contributed by atoms with van der Waals surface area (Å²) >= 11 is 0. The molecule has 9 heteroatoms. The van der Waals surface area contributed by atoms with E-state index in [1.165, 1.54) is 0 Å². The van der Waals surface area contributed by atoms with Crippen LogP contribution >= 0.6 is 0 Å². The van der Waals surface area contributed by atoms with E-state index in [1.54, 1.807) is 18.2 Å². The third kappa shape index (κ3) is 2.75. The first kappa shape index (κ1) is 17.2. The van der Waals surface area contributed by atoms with Crippen molar-refractivity contribution >= 4 is 35.7 Å². The maximum Gasteiger partial charge on any atom is 0.343 e. The van der Waals surface area contributed by atoms with Gasteiger partial charge in [0, 0.05) is 25.4 Å². The molecule has 140 valence electrons. The van der Waals surface area contributed by atoms with E-state index in [1.807, 2.05) is 4.90 Å². The fourth-order valence-electron chi connectivity index (χ4n) is 3.76. The summed E-state index contributed by atoms with van der Waals surface area (Å²) in [5.74, 6) is -1.58. The number of hydrazine groups is 1. The van der Waals surface area contributed by atoms with Crippen LogP contribution in [0.25, 0.3) is 0 Å². The molecule has 1 aromatic carbocycles. The lowest BCUT2D eigenvalue weighted by atomic mass is 9.97. The van der Waals surface area contributed by atoms with Gasteiger partial charge in [-0.1, -0.05) is 6.07 Å². The summed E-state index contributed by atoms with van der Waals surface area (Å²) < 4.78 is 0. The van der Waals surface area contributed by atoms with Gasteiger partial charge in [-0.25, -0.2) is 9.80 Å². The molecular weight excluding hydrogens is 352 g/mol. The number of urea groups is 1. The van der Waals surface area contributed by atoms with Crippen LogP contribution in [0.2, 0.25) is 0 Å². The molecule has 1 N–H and O–H groups in total. The highest BCUT2D eigenvalue weighted by Crippen LogP contribution is 2.34. The summed E-state index contributed by atoms with van der Waals surface area (Å²) in [6.07, 6.45) is 2.36. The molecule has 0 aliphatic carbocycles. The molecule has 0 spiro atoms. The van der Waals surface area contributed by atoms with Crippen LogP contribution in [0.15, 0.2) is 18.2 Å². The van der Waals surface area contributed by atoms with Crippen LogP contribution in [0.4, 0.5) is 10.5 Å². The predicted molar refractivity (Wildman–Crippen MR) is 92.8 cm³/mol. The van der Waals surface area contributed by atoms with E-state index in [2.05, 4.69) is 5.32 Å². The fourth-order valence-corrected chi connectivity index (χ4v) is 3.76. The third-order valence-corrected chi connectivity index (χ3v) is 5.22. The standard InChI is InChI=1S/C18H18N4O5/c23-10-11-4-7-20(8-5-11)13-3-1-2-12-15(13)17(26)22(16(12)25)21-9-6-14(24)19-18(21)27/h1-3,10-11H,4-9H2,(H,19,24,27). The van der Waals surface area contributed by atoms with Gasteiger partial charge in [0.2, 0.25) is 5.91 Å². The van der Waals surface area contributed by atoms with Crippen LogP contribution in [-0.4, -0.2) is 59.7 Å². The van der Waals surface area contributed by atoms with Gasteiger partial charge in [0.1, 0.15) is 6.29 Å². The van der Waals surface area contributed by atoms with E-state index in [9.17, 15) is 24.0 Å². The molecule has 4 rings (SSSR count). The molecule has 2 saturated heterocycles. The van der Waals surface area contributed by atoms with E-state index in [-0.39, 0.29) is 30.0 Å². The minimum Gasteiger partial charge on any atom is -0.371 e. The molecule has 5 amide bonds. The van der Waals surface area contributed by atoms with Gasteiger partial charge in [-0.05, 0) is 25.0 Å². The molecule has 0 atom stereocenters. The first-order valence-electron chi connectivity index (χ1n) is 8.84. The Labute approximate surface area is 154 Å². The number of rotatable bonds is 3. The monoisotopic (exact) mass is 370 g/mol. The molecule has 0 saturated carbocycles. The quantitative estimate of drug-likeness (QED) is 0.615. The second-order valence-electron chi connectivity index (χ2n) is 6.81. The van der Waals surface area contributed by atoms with Crippen molar-refractivity contribution in [1.82, 2.24) is 15.3 Å². The lowest BCUT2D eigenvalue weighted by Gasteiger charge is -2.33. The molecule has 0 bridgehead atoms. The van der Waals surface area contributed by atoms with Crippen LogP contribution in [0.3, 0.4) is 0 Å². The van der Waals surface area contributed by atoms with Crippen molar-refractivity contribution in [3.63, 3.8) is 0 Å². The van der Waals surface area contributed by atoms with Gasteiger partial charge in [-0.3, -0.25) is 19.7 Å². The average Bonchev–Trinajstić information content (AvgIpc) is 2.93. The number of carbonyl (C=O) groups is 5. The van der Waals surface area contributed by atoms with Crippen molar-refractivity contribution < 1.29 is 24.0 Å². The Bertz CT molecular complexity index is 859. The summed E-state index contributed by atoms with van der Waals surface area (Å²) in [6, 6.07) is 4.25. The van der Waals surface area contributed by atoms with Gasteiger partial charge in [-0.15, -0.1) is 0 Å². The predicted octanol–water partition coefficient (Wildman–Crippen LogP) is 0.555. The van der Waals surface area contributed by atoms with Crippen LogP contribution in [0.5, 0.6) is 0 Å². The lowest BCUT2D eigenvalue weighted by Crippen LogP contribution is -2.58. The largest absolute Gasteiger partial charge is 0.371 e. The molecule has 27 heavy (non-hydrogen) atoms. The highest BCUT2D eigenvalue weighted by atomic mass is 16.2. The maximum atomic E-state index is 13.0. The van der Waals surface area contributed by atoms with Crippen LogP contribution in [-0.2, 0) is 9.59 Å². The molecule has 0 aromatic heterocycles. The summed E-state index contributed by atoms with van der Waals surface area (Å²) in [5, 5.41) is 3.92. The number of hydrogen-bond donors (Lipinski definition) is 1. The average molecular weight is 370 g/mol. The Hall–Kier alpha value is -3.23. The van der Waals surface area contributed by atoms with E-state index in [4.69, 9.17) is 0 Å². The van der Waals surface area contributed by atoms with Crippen molar-refractivity contribution in [3.05, 3.63) is 29.3 Å². The van der Waals surface area contributed by atoms with Gasteiger partial charge < -0.3 is 9.69 Å². The molecule has 2 fully saturated rings. The van der Waals surface area contributed by atoms with Crippen LogP contribution < -0.4 is 10.2 Å². The molecule has 1 aromatic rings. The SMILES string of the molecule is O=CC1CCN(c2cccc3c2C(=O)N(N2CCC(=O)NC2=O)C3=O)CC1. The Morgan fingerprint density at radius 2 is 1.74 bits per heavy atom. The molecule has 0 radical (unpaired) electrons. The summed E-state index contributed by atoms with van der Waals surface area (Å²) in [4.78, 5) is 62.2. The minimum absolute atomic E-state index is 0.0152. The number of carbonyl (C=O) groups excluding carboxylic acids is 5. The van der Waals surface area contributed by atoms with E-state index in [0.717, 1.165) is 16.3 Å². The fraction of sp³-hybridized carbons (Fsp3) is 0.389. The smallest absolute Gasteiger partial charge is 0.343 e. The lowest BCUT2D eigenvalue weighted by molar-refractivity contribution is -0.122. The zero-order valence-corrected chi connectivity index (χ0v) is 14.5. The van der Waals surface area contributed by atoms with E-state index in [0.29, 0.717) is 31.6 Å². The Morgan fingerprint density at radius 3 is 2.41 bits per heavy atom. The Morgan fingerprint density at radius 1 is 1.00 bits per heavy atom. The molecular formula is C18H18N4O5. The van der Waals surface area contributed by atoms with Crippen LogP contribution in [0.1, 0.15) is 40.0 Å². The topological polar surface area (TPSA) is 107 Å². The van der Waals surface area contributed by atoms with Gasteiger partial charge in [0.25, 0.3) is 11.8 Å². The Kier molecular flexibility index (Phi) is 4.14.